The predicted octanol–water partition coefficient (Wildman–Crippen LogP) is -0.350. The number of rotatable bonds is 7. The Bertz CT molecular complexity index is 736. The van der Waals surface area contributed by atoms with E-state index in [-0.39, 0.29) is 28.8 Å². The van der Waals surface area contributed by atoms with Crippen molar-refractivity contribution >= 4 is 35.4 Å². The number of amidine groups is 1. The van der Waals surface area contributed by atoms with Gasteiger partial charge in [-0.3, -0.25) is 20.1 Å². The van der Waals surface area contributed by atoms with Crippen molar-refractivity contribution in [2.45, 2.75) is 37.7 Å². The van der Waals surface area contributed by atoms with E-state index in [1.165, 1.54) is 23.6 Å². The first-order valence-corrected chi connectivity index (χ1v) is 9.38. The van der Waals surface area contributed by atoms with Crippen LogP contribution in [0.1, 0.15) is 20.3 Å². The Labute approximate surface area is 159 Å². The van der Waals surface area contributed by atoms with E-state index >= 15 is 0 Å². The van der Waals surface area contributed by atoms with Crippen LogP contribution in [0.25, 0.3) is 0 Å². The molecule has 0 spiro atoms. The maximum atomic E-state index is 12.3. The lowest BCUT2D eigenvalue weighted by Crippen LogP contribution is -2.63. The van der Waals surface area contributed by atoms with Gasteiger partial charge >= 0.3 is 11.9 Å². The Morgan fingerprint density at radius 2 is 2.15 bits per heavy atom. The number of thioether (sulfide) groups is 1. The van der Waals surface area contributed by atoms with Gasteiger partial charge in [0, 0.05) is 22.5 Å². The Morgan fingerprint density at radius 3 is 2.74 bits per heavy atom. The molecule has 0 aliphatic carbocycles. The summed E-state index contributed by atoms with van der Waals surface area (Å²) in [5.41, 5.74) is 2.49. The molecule has 4 N–H and O–H groups in total. The summed E-state index contributed by atoms with van der Waals surface area (Å²) in [5, 5.41) is 28.0. The van der Waals surface area contributed by atoms with Crippen LogP contribution >= 0.6 is 11.8 Å². The number of hydrogen-bond acceptors (Lipinski definition) is 8. The number of aliphatic carboxylic acids is 2. The van der Waals surface area contributed by atoms with Crippen LogP contribution in [0.15, 0.2) is 15.6 Å². The predicted molar refractivity (Wildman–Crippen MR) is 94.7 cm³/mol. The van der Waals surface area contributed by atoms with E-state index in [1.54, 1.807) is 0 Å². The Hall–Kier alpha value is -2.11. The molecule has 10 nitrogen and oxygen atoms in total. The summed E-state index contributed by atoms with van der Waals surface area (Å²) in [6.45, 7) is 3.33. The molecule has 3 heterocycles. The summed E-state index contributed by atoms with van der Waals surface area (Å²) in [5.74, 6) is -2.91. The third-order valence-corrected chi connectivity index (χ3v) is 6.37. The minimum atomic E-state index is -1.16. The molecule has 0 saturated carbocycles. The molecule has 0 aromatic rings. The van der Waals surface area contributed by atoms with Crippen LogP contribution in [0.3, 0.4) is 0 Å². The molecule has 27 heavy (non-hydrogen) atoms. The van der Waals surface area contributed by atoms with Crippen molar-refractivity contribution in [3.8, 4) is 0 Å². The molecule has 1 fully saturated rings. The molecule has 5 atom stereocenters. The maximum Gasteiger partial charge on any atom is 0.353 e. The molecule has 1 saturated heterocycles. The number of carboxylic acid groups (broad SMARTS) is 2. The largest absolute Gasteiger partial charge is 0.479 e. The number of aliphatic hydroxyl groups excluding tert-OH is 1. The second-order valence-electron chi connectivity index (χ2n) is 6.79. The number of aliphatic hydroxyl groups is 1. The summed E-state index contributed by atoms with van der Waals surface area (Å²) in [4.78, 5) is 45.5. The third-order valence-electron chi connectivity index (χ3n) is 4.90. The number of carboxylic acids is 2. The van der Waals surface area contributed by atoms with Gasteiger partial charge in [-0.2, -0.15) is 0 Å². The first kappa shape index (κ1) is 19.6. The number of fused-ring (bicyclic) bond motifs is 1. The highest BCUT2D eigenvalue weighted by atomic mass is 32.2. The first-order valence-electron chi connectivity index (χ1n) is 8.50. The lowest BCUT2D eigenvalue weighted by molar-refractivity contribution is -0.163. The van der Waals surface area contributed by atoms with Crippen LogP contribution in [0.4, 0.5) is 0 Å². The molecule has 0 bridgehead atoms. The molecular formula is C16H21N3O7S. The molecule has 5 unspecified atom stereocenters. The molecule has 3 aliphatic heterocycles. The SMILES string of the molecule is CC(O)C1C(=O)N2C(C(=O)O)=C(SC3CN=C(NOCC(=O)O)C3)C(C)C12. The second kappa shape index (κ2) is 7.49. The zero-order valence-corrected chi connectivity index (χ0v) is 15.6. The van der Waals surface area contributed by atoms with Gasteiger partial charge in [-0.15, -0.1) is 11.8 Å². The number of β-lactam (4-membered cyclic amide) rings is 1. The van der Waals surface area contributed by atoms with Gasteiger partial charge < -0.3 is 20.2 Å². The smallest absolute Gasteiger partial charge is 0.353 e. The maximum absolute atomic E-state index is 12.3. The van der Waals surface area contributed by atoms with Gasteiger partial charge in [0.25, 0.3) is 0 Å². The van der Waals surface area contributed by atoms with Crippen molar-refractivity contribution in [1.29, 1.82) is 0 Å². The van der Waals surface area contributed by atoms with Crippen LogP contribution < -0.4 is 5.48 Å². The van der Waals surface area contributed by atoms with Crippen molar-refractivity contribution < 1.29 is 34.5 Å². The number of aliphatic imine (C=N–C) groups is 1. The molecule has 0 aromatic carbocycles. The minimum Gasteiger partial charge on any atom is -0.479 e. The fourth-order valence-corrected chi connectivity index (χ4v) is 5.15. The van der Waals surface area contributed by atoms with Gasteiger partial charge in [0.15, 0.2) is 6.61 Å². The third kappa shape index (κ3) is 3.54. The first-order chi connectivity index (χ1) is 12.7. The molecule has 148 valence electrons. The fraction of sp³-hybridized carbons (Fsp3) is 0.625. The van der Waals surface area contributed by atoms with Gasteiger partial charge in [-0.1, -0.05) is 6.92 Å². The van der Waals surface area contributed by atoms with Crippen molar-refractivity contribution in [3.05, 3.63) is 10.6 Å². The number of carbonyl (C=O) groups is 3. The van der Waals surface area contributed by atoms with E-state index in [0.29, 0.717) is 23.7 Å². The topological polar surface area (TPSA) is 149 Å². The van der Waals surface area contributed by atoms with E-state index in [2.05, 4.69) is 10.5 Å². The van der Waals surface area contributed by atoms with E-state index < -0.39 is 30.6 Å². The minimum absolute atomic E-state index is 0.0112. The summed E-state index contributed by atoms with van der Waals surface area (Å²) in [6, 6.07) is -0.343. The Kier molecular flexibility index (Phi) is 5.45. The zero-order valence-electron chi connectivity index (χ0n) is 14.8. The second-order valence-corrected chi connectivity index (χ2v) is 8.13. The summed E-state index contributed by atoms with van der Waals surface area (Å²) < 4.78 is 0. The Balaban J connectivity index is 1.67. The number of hydrogen-bond donors (Lipinski definition) is 4. The number of nitrogens with one attached hydrogen (secondary N) is 1. The van der Waals surface area contributed by atoms with Crippen LogP contribution in [0.2, 0.25) is 0 Å². The fourth-order valence-electron chi connectivity index (χ4n) is 3.75. The van der Waals surface area contributed by atoms with Gasteiger partial charge in [-0.25, -0.2) is 9.59 Å². The van der Waals surface area contributed by atoms with Crippen molar-refractivity contribution in [1.82, 2.24) is 10.4 Å². The summed E-state index contributed by atoms with van der Waals surface area (Å²) in [7, 11) is 0. The lowest BCUT2D eigenvalue weighted by atomic mass is 9.79. The van der Waals surface area contributed by atoms with Crippen LogP contribution in [-0.4, -0.2) is 74.4 Å². The summed E-state index contributed by atoms with van der Waals surface area (Å²) >= 11 is 1.36. The quantitative estimate of drug-likeness (QED) is 0.333. The lowest BCUT2D eigenvalue weighted by Gasteiger charge is -2.46. The standard InChI is InChI=1S/C16H21N3O7S/c1-6-12-11(7(2)20)15(23)19(12)13(16(24)25)14(6)27-8-3-9(17-4-8)18-26-5-10(21)22/h6-8,11-12,20H,3-5H2,1-2H3,(H,17,18)(H,21,22)(H,24,25). The highest BCUT2D eigenvalue weighted by molar-refractivity contribution is 8.03. The average molecular weight is 399 g/mol. The van der Waals surface area contributed by atoms with Crippen LogP contribution in [0.5, 0.6) is 0 Å². The van der Waals surface area contributed by atoms with Crippen LogP contribution in [-0.2, 0) is 19.2 Å². The average Bonchev–Trinajstić information content (AvgIpc) is 3.09. The van der Waals surface area contributed by atoms with E-state index in [0.717, 1.165) is 0 Å². The highest BCUT2D eigenvalue weighted by Crippen LogP contribution is 2.51. The monoisotopic (exact) mass is 399 g/mol. The van der Waals surface area contributed by atoms with E-state index in [9.17, 15) is 24.6 Å². The molecule has 11 heteroatoms. The van der Waals surface area contributed by atoms with E-state index in [1.807, 2.05) is 6.92 Å². The number of hydroxylamine groups is 1. The molecule has 1 amide bonds. The van der Waals surface area contributed by atoms with Gasteiger partial charge in [0.2, 0.25) is 5.91 Å². The molecular weight excluding hydrogens is 378 g/mol. The normalized spacial score (nSPS) is 30.7. The number of amides is 1. The molecule has 3 rings (SSSR count). The number of nitrogens with zero attached hydrogens (tertiary/aromatic N) is 2. The highest BCUT2D eigenvalue weighted by Gasteiger charge is 2.60. The van der Waals surface area contributed by atoms with E-state index in [4.69, 9.17) is 9.94 Å². The van der Waals surface area contributed by atoms with Crippen LogP contribution in [0, 0.1) is 11.8 Å². The molecule has 3 aliphatic rings. The van der Waals surface area contributed by atoms with Crippen molar-refractivity contribution in [2.75, 3.05) is 13.2 Å². The molecule has 0 aromatic heterocycles. The molecule has 0 radical (unpaired) electrons. The van der Waals surface area contributed by atoms with Gasteiger partial charge in [-0.05, 0) is 6.92 Å². The summed E-state index contributed by atoms with van der Waals surface area (Å²) in [6.07, 6.45) is -0.371. The van der Waals surface area contributed by atoms with Crippen molar-refractivity contribution in [2.24, 2.45) is 16.8 Å². The Morgan fingerprint density at radius 1 is 1.44 bits per heavy atom. The number of carbonyl (C=O) groups excluding carboxylic acids is 1. The van der Waals surface area contributed by atoms with Gasteiger partial charge in [0.05, 0.1) is 24.6 Å². The van der Waals surface area contributed by atoms with Gasteiger partial charge in [0.1, 0.15) is 11.5 Å². The van der Waals surface area contributed by atoms with Crippen molar-refractivity contribution in [3.63, 3.8) is 0 Å². The zero-order chi connectivity index (χ0) is 19.9.